The Hall–Kier alpha value is -3.23. The third-order valence-electron chi connectivity index (χ3n) is 6.87. The summed E-state index contributed by atoms with van der Waals surface area (Å²) >= 11 is 0. The third-order valence-corrected chi connectivity index (χ3v) is 6.87. The fourth-order valence-electron chi connectivity index (χ4n) is 4.69. The Morgan fingerprint density at radius 3 is 2.71 bits per heavy atom. The minimum atomic E-state index is -0.381. The number of carbonyl (C=O) groups is 2. The lowest BCUT2D eigenvalue weighted by atomic mass is 10.2. The number of para-hydroxylation sites is 2. The molecule has 8 heteroatoms. The molecule has 2 unspecified atom stereocenters. The van der Waals surface area contributed by atoms with E-state index < -0.39 is 0 Å². The average Bonchev–Trinajstić information content (AvgIpc) is 3.64. The zero-order chi connectivity index (χ0) is 24.2. The van der Waals surface area contributed by atoms with Gasteiger partial charge in [0.2, 0.25) is 11.8 Å². The minimum absolute atomic E-state index is 0.0762. The fraction of sp³-hybridized carbons (Fsp3) is 0.444. The highest BCUT2D eigenvalue weighted by Crippen LogP contribution is 2.28. The van der Waals surface area contributed by atoms with Crippen molar-refractivity contribution in [2.45, 2.75) is 44.5 Å². The molecule has 184 valence electrons. The Bertz CT molecular complexity index is 1160. The number of fused-ring (bicyclic) bond motifs is 1. The Kier molecular flexibility index (Phi) is 7.11. The monoisotopic (exact) mass is 475 g/mol. The molecule has 0 bridgehead atoms. The Balaban J connectivity index is 1.13. The van der Waals surface area contributed by atoms with Crippen LogP contribution in [-0.2, 0) is 20.9 Å². The Labute approximate surface area is 205 Å². The van der Waals surface area contributed by atoms with E-state index in [0.29, 0.717) is 38.8 Å². The number of imidazole rings is 1. The van der Waals surface area contributed by atoms with Crippen LogP contribution in [0.2, 0.25) is 0 Å². The molecular formula is C27H33N5O3. The number of hydrogen-bond donors (Lipinski definition) is 1. The first-order chi connectivity index (χ1) is 17.1. The van der Waals surface area contributed by atoms with E-state index in [1.54, 1.807) is 6.33 Å². The van der Waals surface area contributed by atoms with Crippen molar-refractivity contribution in [3.63, 3.8) is 0 Å². The number of hydrogen-bond acceptors (Lipinski definition) is 5. The van der Waals surface area contributed by atoms with Gasteiger partial charge in [-0.3, -0.25) is 14.5 Å². The molecule has 3 aromatic rings. The first-order valence-corrected chi connectivity index (χ1v) is 12.4. The number of nitrogens with zero attached hydrogens (tertiary/aromatic N) is 4. The van der Waals surface area contributed by atoms with E-state index in [-0.39, 0.29) is 24.0 Å². The molecule has 1 saturated carbocycles. The van der Waals surface area contributed by atoms with E-state index in [0.717, 1.165) is 36.0 Å². The molecule has 35 heavy (non-hydrogen) atoms. The van der Waals surface area contributed by atoms with Crippen LogP contribution in [0.15, 0.2) is 60.9 Å². The molecule has 2 heterocycles. The van der Waals surface area contributed by atoms with Crippen LogP contribution in [0, 0.1) is 0 Å². The summed E-state index contributed by atoms with van der Waals surface area (Å²) in [5.74, 6) is 0.0920. The second-order valence-corrected chi connectivity index (χ2v) is 9.53. The van der Waals surface area contributed by atoms with E-state index in [1.807, 2.05) is 58.9 Å². The molecule has 0 radical (unpaired) electrons. The molecule has 1 aliphatic carbocycles. The van der Waals surface area contributed by atoms with Gasteiger partial charge in [-0.1, -0.05) is 42.5 Å². The lowest BCUT2D eigenvalue weighted by molar-refractivity contribution is -0.136. The zero-order valence-electron chi connectivity index (χ0n) is 20.2. The smallest absolute Gasteiger partial charge is 0.242 e. The molecule has 0 spiro atoms. The Morgan fingerprint density at radius 1 is 1.14 bits per heavy atom. The Morgan fingerprint density at radius 2 is 1.91 bits per heavy atom. The highest BCUT2D eigenvalue weighted by molar-refractivity contribution is 5.83. The molecule has 2 aromatic carbocycles. The average molecular weight is 476 g/mol. The largest absolute Gasteiger partial charge is 0.374 e. The summed E-state index contributed by atoms with van der Waals surface area (Å²) in [6.07, 6.45) is 3.73. The maximum absolute atomic E-state index is 13.2. The molecule has 1 N–H and O–H groups in total. The van der Waals surface area contributed by atoms with Gasteiger partial charge in [-0.25, -0.2) is 4.98 Å². The molecule has 2 aliphatic rings. The maximum Gasteiger partial charge on any atom is 0.242 e. The SMILES string of the molecule is CC(C(=O)NCC1CN(CC(=O)N(Cc2ccccc2)C2CC2)CCO1)n1cnc2ccccc21. The van der Waals surface area contributed by atoms with Crippen LogP contribution < -0.4 is 5.32 Å². The van der Waals surface area contributed by atoms with Crippen LogP contribution in [0.25, 0.3) is 11.0 Å². The molecule has 2 fully saturated rings. The van der Waals surface area contributed by atoms with Gasteiger partial charge in [0.15, 0.2) is 0 Å². The number of amides is 2. The van der Waals surface area contributed by atoms with Crippen LogP contribution in [-0.4, -0.2) is 76.1 Å². The number of morpholine rings is 1. The van der Waals surface area contributed by atoms with E-state index in [9.17, 15) is 9.59 Å². The summed E-state index contributed by atoms with van der Waals surface area (Å²) in [4.78, 5) is 34.6. The lowest BCUT2D eigenvalue weighted by Crippen LogP contribution is -2.51. The molecule has 2 atom stereocenters. The van der Waals surface area contributed by atoms with Crippen molar-refractivity contribution in [2.24, 2.45) is 0 Å². The maximum atomic E-state index is 13.2. The summed E-state index contributed by atoms with van der Waals surface area (Å²) in [6, 6.07) is 17.9. The number of rotatable bonds is 9. The predicted octanol–water partition coefficient (Wildman–Crippen LogP) is 2.61. The molecule has 8 nitrogen and oxygen atoms in total. The van der Waals surface area contributed by atoms with Gasteiger partial charge in [0.1, 0.15) is 6.04 Å². The van der Waals surface area contributed by atoms with Crippen molar-refractivity contribution in [3.05, 3.63) is 66.5 Å². The van der Waals surface area contributed by atoms with Gasteiger partial charge in [0, 0.05) is 32.2 Å². The van der Waals surface area contributed by atoms with E-state index in [2.05, 4.69) is 27.3 Å². The van der Waals surface area contributed by atoms with Gasteiger partial charge in [0.25, 0.3) is 0 Å². The second-order valence-electron chi connectivity index (χ2n) is 9.53. The molecule has 1 saturated heterocycles. The van der Waals surface area contributed by atoms with Crippen molar-refractivity contribution in [3.8, 4) is 0 Å². The van der Waals surface area contributed by atoms with Crippen molar-refractivity contribution >= 4 is 22.8 Å². The number of aromatic nitrogens is 2. The molecule has 5 rings (SSSR count). The van der Waals surface area contributed by atoms with Crippen molar-refractivity contribution in [2.75, 3.05) is 32.8 Å². The summed E-state index contributed by atoms with van der Waals surface area (Å²) in [7, 11) is 0. The van der Waals surface area contributed by atoms with Crippen LogP contribution in [0.4, 0.5) is 0 Å². The molecular weight excluding hydrogens is 442 g/mol. The van der Waals surface area contributed by atoms with E-state index in [1.165, 1.54) is 0 Å². The molecule has 2 amide bonds. The van der Waals surface area contributed by atoms with Gasteiger partial charge in [-0.05, 0) is 37.5 Å². The normalized spacial score (nSPS) is 19.4. The highest BCUT2D eigenvalue weighted by atomic mass is 16.5. The number of carbonyl (C=O) groups excluding carboxylic acids is 2. The molecule has 1 aliphatic heterocycles. The highest BCUT2D eigenvalue weighted by Gasteiger charge is 2.34. The van der Waals surface area contributed by atoms with E-state index in [4.69, 9.17) is 4.74 Å². The van der Waals surface area contributed by atoms with Crippen molar-refractivity contribution in [1.82, 2.24) is 24.7 Å². The van der Waals surface area contributed by atoms with Crippen LogP contribution in [0.5, 0.6) is 0 Å². The van der Waals surface area contributed by atoms with Crippen LogP contribution in [0.3, 0.4) is 0 Å². The third kappa shape index (κ3) is 5.71. The van der Waals surface area contributed by atoms with Gasteiger partial charge in [-0.2, -0.15) is 0 Å². The predicted molar refractivity (Wildman–Crippen MR) is 134 cm³/mol. The molecule has 1 aromatic heterocycles. The summed E-state index contributed by atoms with van der Waals surface area (Å²) in [5, 5.41) is 3.03. The van der Waals surface area contributed by atoms with Crippen molar-refractivity contribution < 1.29 is 14.3 Å². The number of benzene rings is 2. The summed E-state index contributed by atoms with van der Waals surface area (Å²) < 4.78 is 7.78. The van der Waals surface area contributed by atoms with Gasteiger partial charge >= 0.3 is 0 Å². The van der Waals surface area contributed by atoms with Crippen LogP contribution in [0.1, 0.15) is 31.4 Å². The van der Waals surface area contributed by atoms with Gasteiger partial charge < -0.3 is 19.5 Å². The van der Waals surface area contributed by atoms with Crippen LogP contribution >= 0.6 is 0 Å². The zero-order valence-corrected chi connectivity index (χ0v) is 20.2. The number of nitrogens with one attached hydrogen (secondary N) is 1. The topological polar surface area (TPSA) is 79.7 Å². The second kappa shape index (κ2) is 10.6. The quantitative estimate of drug-likeness (QED) is 0.515. The lowest BCUT2D eigenvalue weighted by Gasteiger charge is -2.34. The standard InChI is InChI=1S/C27H33N5O3/c1-20(32-19-29-24-9-5-6-10-25(24)32)27(34)28-15-23-17-30(13-14-35-23)18-26(33)31(22-11-12-22)16-21-7-3-2-4-8-21/h2-10,19-20,22-23H,11-18H2,1H3,(H,28,34). The van der Waals surface area contributed by atoms with Crippen molar-refractivity contribution in [1.29, 1.82) is 0 Å². The van der Waals surface area contributed by atoms with Gasteiger partial charge in [0.05, 0.1) is 36.6 Å². The van der Waals surface area contributed by atoms with Gasteiger partial charge in [-0.15, -0.1) is 0 Å². The summed E-state index contributed by atoms with van der Waals surface area (Å²) in [5.41, 5.74) is 2.97. The number of ether oxygens (including phenoxy) is 1. The fourth-order valence-corrected chi connectivity index (χ4v) is 4.69. The van der Waals surface area contributed by atoms with E-state index >= 15 is 0 Å². The first-order valence-electron chi connectivity index (χ1n) is 12.4. The summed E-state index contributed by atoms with van der Waals surface area (Å²) in [6.45, 7) is 5.23. The first kappa shape index (κ1) is 23.5. The minimum Gasteiger partial charge on any atom is -0.374 e.